The third kappa shape index (κ3) is 3.05. The van der Waals surface area contributed by atoms with Gasteiger partial charge in [0.05, 0.1) is 6.04 Å². The van der Waals surface area contributed by atoms with Crippen molar-refractivity contribution in [3.8, 4) is 0 Å². The molecule has 0 aliphatic carbocycles. The van der Waals surface area contributed by atoms with Crippen LogP contribution in [-0.4, -0.2) is 34.6 Å². The predicted molar refractivity (Wildman–Crippen MR) is 70.8 cm³/mol. The minimum Gasteiger partial charge on any atom is -0.480 e. The van der Waals surface area contributed by atoms with Crippen LogP contribution < -0.4 is 5.32 Å². The SMILES string of the molecule is C[C@H](NC(=O)N1CCCC1C(=O)O)c1ccccc1. The molecule has 1 fully saturated rings. The van der Waals surface area contributed by atoms with Crippen LogP contribution >= 0.6 is 0 Å². The molecule has 19 heavy (non-hydrogen) atoms. The van der Waals surface area contributed by atoms with Gasteiger partial charge in [-0.2, -0.15) is 0 Å². The maximum absolute atomic E-state index is 12.1. The lowest BCUT2D eigenvalue weighted by atomic mass is 10.1. The van der Waals surface area contributed by atoms with E-state index in [4.69, 9.17) is 5.11 Å². The minimum atomic E-state index is -0.931. The maximum Gasteiger partial charge on any atom is 0.326 e. The molecule has 1 aliphatic rings. The molecule has 2 atom stereocenters. The molecule has 1 aromatic rings. The van der Waals surface area contributed by atoms with E-state index in [0.29, 0.717) is 13.0 Å². The number of benzene rings is 1. The molecule has 1 aromatic carbocycles. The van der Waals surface area contributed by atoms with Gasteiger partial charge in [-0.3, -0.25) is 0 Å². The van der Waals surface area contributed by atoms with Crippen molar-refractivity contribution in [2.75, 3.05) is 6.54 Å². The van der Waals surface area contributed by atoms with E-state index in [2.05, 4.69) is 5.32 Å². The van der Waals surface area contributed by atoms with Crippen LogP contribution in [-0.2, 0) is 4.79 Å². The average Bonchev–Trinajstić information content (AvgIpc) is 2.89. The number of nitrogens with zero attached hydrogens (tertiary/aromatic N) is 1. The minimum absolute atomic E-state index is 0.135. The third-order valence-electron chi connectivity index (χ3n) is 3.44. The summed E-state index contributed by atoms with van der Waals surface area (Å²) < 4.78 is 0. The van der Waals surface area contributed by atoms with Gasteiger partial charge in [0.15, 0.2) is 0 Å². The summed E-state index contributed by atoms with van der Waals surface area (Å²) >= 11 is 0. The largest absolute Gasteiger partial charge is 0.480 e. The van der Waals surface area contributed by atoms with Gasteiger partial charge in [0, 0.05) is 6.54 Å². The number of carbonyl (C=O) groups is 2. The lowest BCUT2D eigenvalue weighted by molar-refractivity contribution is -0.141. The lowest BCUT2D eigenvalue weighted by Crippen LogP contribution is -2.46. The number of urea groups is 1. The zero-order valence-electron chi connectivity index (χ0n) is 10.9. The number of hydrogen-bond acceptors (Lipinski definition) is 2. The first-order valence-corrected chi connectivity index (χ1v) is 6.44. The van der Waals surface area contributed by atoms with Gasteiger partial charge in [-0.05, 0) is 25.3 Å². The Morgan fingerprint density at radius 1 is 1.37 bits per heavy atom. The number of rotatable bonds is 3. The number of carboxylic acid groups (broad SMARTS) is 1. The first-order chi connectivity index (χ1) is 9.09. The maximum atomic E-state index is 12.1. The van der Waals surface area contributed by atoms with E-state index in [0.717, 1.165) is 12.0 Å². The smallest absolute Gasteiger partial charge is 0.326 e. The highest BCUT2D eigenvalue weighted by atomic mass is 16.4. The molecule has 0 saturated carbocycles. The zero-order chi connectivity index (χ0) is 13.8. The standard InChI is InChI=1S/C14H18N2O3/c1-10(11-6-3-2-4-7-11)15-14(19)16-9-5-8-12(16)13(17)18/h2-4,6-7,10,12H,5,8-9H2,1H3,(H,15,19)(H,17,18)/t10-,12?/m0/s1. The quantitative estimate of drug-likeness (QED) is 0.875. The van der Waals surface area contributed by atoms with Crippen molar-refractivity contribution in [1.29, 1.82) is 0 Å². The zero-order valence-corrected chi connectivity index (χ0v) is 10.9. The van der Waals surface area contributed by atoms with Crippen LogP contribution in [0.3, 0.4) is 0 Å². The molecule has 1 unspecified atom stereocenters. The molecule has 0 bridgehead atoms. The normalized spacial score (nSPS) is 20.1. The number of hydrogen-bond donors (Lipinski definition) is 2. The van der Waals surface area contributed by atoms with Crippen molar-refractivity contribution in [3.63, 3.8) is 0 Å². The first kappa shape index (κ1) is 13.4. The summed E-state index contributed by atoms with van der Waals surface area (Å²) in [5.41, 5.74) is 1.00. The summed E-state index contributed by atoms with van der Waals surface area (Å²) in [6.07, 6.45) is 1.27. The van der Waals surface area contributed by atoms with Gasteiger partial charge in [0.1, 0.15) is 6.04 Å². The lowest BCUT2D eigenvalue weighted by Gasteiger charge is -2.24. The number of aliphatic carboxylic acids is 1. The van der Waals surface area contributed by atoms with Crippen LogP contribution in [0.15, 0.2) is 30.3 Å². The predicted octanol–water partition coefficient (Wildman–Crippen LogP) is 2.01. The van der Waals surface area contributed by atoms with Crippen molar-refractivity contribution in [1.82, 2.24) is 10.2 Å². The fourth-order valence-electron chi connectivity index (χ4n) is 2.36. The summed E-state index contributed by atoms with van der Waals surface area (Å²) in [4.78, 5) is 24.6. The van der Waals surface area contributed by atoms with Gasteiger partial charge >= 0.3 is 12.0 Å². The third-order valence-corrected chi connectivity index (χ3v) is 3.44. The number of likely N-dealkylation sites (tertiary alicyclic amines) is 1. The Bertz CT molecular complexity index is 461. The Kier molecular flexibility index (Phi) is 4.04. The summed E-state index contributed by atoms with van der Waals surface area (Å²) in [6, 6.07) is 8.47. The molecule has 2 amide bonds. The molecule has 2 rings (SSSR count). The number of carboxylic acids is 1. The Morgan fingerprint density at radius 3 is 2.68 bits per heavy atom. The second-order valence-electron chi connectivity index (χ2n) is 4.77. The molecule has 5 heteroatoms. The van der Waals surface area contributed by atoms with Gasteiger partial charge in [-0.15, -0.1) is 0 Å². The Morgan fingerprint density at radius 2 is 2.05 bits per heavy atom. The van der Waals surface area contributed by atoms with Crippen LogP contribution in [0.5, 0.6) is 0 Å². The molecule has 2 N–H and O–H groups in total. The van der Waals surface area contributed by atoms with Crippen molar-refractivity contribution in [2.45, 2.75) is 31.8 Å². The van der Waals surface area contributed by atoms with E-state index in [9.17, 15) is 9.59 Å². The highest BCUT2D eigenvalue weighted by Gasteiger charge is 2.34. The summed E-state index contributed by atoms with van der Waals surface area (Å²) in [7, 11) is 0. The van der Waals surface area contributed by atoms with E-state index in [-0.39, 0.29) is 12.1 Å². The fraction of sp³-hybridized carbons (Fsp3) is 0.429. The Hall–Kier alpha value is -2.04. The molecule has 1 aliphatic heterocycles. The second kappa shape index (κ2) is 5.73. The van der Waals surface area contributed by atoms with Gasteiger partial charge in [-0.1, -0.05) is 30.3 Å². The van der Waals surface area contributed by atoms with E-state index >= 15 is 0 Å². The first-order valence-electron chi connectivity index (χ1n) is 6.44. The molecule has 0 spiro atoms. The van der Waals surface area contributed by atoms with Gasteiger partial charge in [-0.25, -0.2) is 9.59 Å². The number of nitrogens with one attached hydrogen (secondary N) is 1. The summed E-state index contributed by atoms with van der Waals surface area (Å²) in [5, 5.41) is 11.9. The van der Waals surface area contributed by atoms with Crippen molar-refractivity contribution >= 4 is 12.0 Å². The van der Waals surface area contributed by atoms with Crippen LogP contribution in [0, 0.1) is 0 Å². The van der Waals surface area contributed by atoms with Crippen LogP contribution in [0.25, 0.3) is 0 Å². The fourth-order valence-corrected chi connectivity index (χ4v) is 2.36. The highest BCUT2D eigenvalue weighted by Crippen LogP contribution is 2.19. The Balaban J connectivity index is 1.99. The molecular weight excluding hydrogens is 244 g/mol. The van der Waals surface area contributed by atoms with E-state index < -0.39 is 12.0 Å². The van der Waals surface area contributed by atoms with Gasteiger partial charge in [0.25, 0.3) is 0 Å². The van der Waals surface area contributed by atoms with Gasteiger partial charge < -0.3 is 15.3 Å². The number of carbonyl (C=O) groups excluding carboxylic acids is 1. The van der Waals surface area contributed by atoms with E-state index in [1.165, 1.54) is 4.90 Å². The van der Waals surface area contributed by atoms with Gasteiger partial charge in [0.2, 0.25) is 0 Å². The van der Waals surface area contributed by atoms with Crippen molar-refractivity contribution in [3.05, 3.63) is 35.9 Å². The molecule has 0 aromatic heterocycles. The molecule has 1 heterocycles. The van der Waals surface area contributed by atoms with Crippen LogP contribution in [0.2, 0.25) is 0 Å². The summed E-state index contributed by atoms with van der Waals surface area (Å²) in [5.74, 6) is -0.931. The summed E-state index contributed by atoms with van der Waals surface area (Å²) in [6.45, 7) is 2.39. The second-order valence-corrected chi connectivity index (χ2v) is 4.77. The molecule has 5 nitrogen and oxygen atoms in total. The highest BCUT2D eigenvalue weighted by molar-refractivity contribution is 5.83. The number of amides is 2. The molecule has 0 radical (unpaired) electrons. The van der Waals surface area contributed by atoms with Crippen LogP contribution in [0.1, 0.15) is 31.4 Å². The van der Waals surface area contributed by atoms with Crippen LogP contribution in [0.4, 0.5) is 4.79 Å². The molecule has 102 valence electrons. The molecular formula is C14H18N2O3. The average molecular weight is 262 g/mol. The van der Waals surface area contributed by atoms with E-state index in [1.54, 1.807) is 0 Å². The topological polar surface area (TPSA) is 69.6 Å². The Labute approximate surface area is 112 Å². The van der Waals surface area contributed by atoms with E-state index in [1.807, 2.05) is 37.3 Å². The molecule has 1 saturated heterocycles. The van der Waals surface area contributed by atoms with Crippen molar-refractivity contribution < 1.29 is 14.7 Å². The monoisotopic (exact) mass is 262 g/mol. The van der Waals surface area contributed by atoms with Crippen molar-refractivity contribution in [2.24, 2.45) is 0 Å².